The summed E-state index contributed by atoms with van der Waals surface area (Å²) in [5.41, 5.74) is 2.43. The van der Waals surface area contributed by atoms with Crippen LogP contribution in [-0.4, -0.2) is 18.1 Å². The van der Waals surface area contributed by atoms with E-state index < -0.39 is 11.7 Å². The number of H-pyrrole nitrogens is 1. The summed E-state index contributed by atoms with van der Waals surface area (Å²) in [6.45, 7) is 1.98. The molecule has 154 valence electrons. The molecule has 0 spiro atoms. The third-order valence-electron chi connectivity index (χ3n) is 5.74. The minimum atomic E-state index is -4.27. The van der Waals surface area contributed by atoms with Crippen molar-refractivity contribution in [3.8, 4) is 0 Å². The van der Waals surface area contributed by atoms with Gasteiger partial charge >= 0.3 is 11.0 Å². The molecular formula is C22H23F3N2OS. The van der Waals surface area contributed by atoms with Crippen LogP contribution < -0.4 is 9.77 Å². The van der Waals surface area contributed by atoms with Crippen molar-refractivity contribution in [1.29, 1.82) is 0 Å². The zero-order valence-corrected chi connectivity index (χ0v) is 16.8. The first-order chi connectivity index (χ1) is 13.9. The number of alkyl halides is 3. The summed E-state index contributed by atoms with van der Waals surface area (Å²) in [7, 11) is 0. The van der Waals surface area contributed by atoms with E-state index in [0.29, 0.717) is 5.92 Å². The zero-order valence-electron chi connectivity index (χ0n) is 16.0. The minimum Gasteiger partial charge on any atom is -0.371 e. The number of benzene rings is 2. The predicted octanol–water partition coefficient (Wildman–Crippen LogP) is 5.85. The Bertz CT molecular complexity index is 1010. The van der Waals surface area contributed by atoms with Gasteiger partial charge in [0.1, 0.15) is 0 Å². The Balaban J connectivity index is 1.25. The Hall–Kier alpha value is -2.28. The first-order valence-electron chi connectivity index (χ1n) is 9.92. The van der Waals surface area contributed by atoms with Crippen LogP contribution in [0, 0.1) is 5.92 Å². The van der Waals surface area contributed by atoms with Gasteiger partial charge in [-0.2, -0.15) is 13.2 Å². The number of piperidine rings is 1. The highest BCUT2D eigenvalue weighted by Gasteiger charge is 2.29. The second kappa shape index (κ2) is 8.22. The highest BCUT2D eigenvalue weighted by atomic mass is 32.1. The molecule has 1 aliphatic rings. The fraction of sp³-hybridized carbons (Fsp3) is 0.409. The van der Waals surface area contributed by atoms with Crippen molar-refractivity contribution < 1.29 is 13.2 Å². The van der Waals surface area contributed by atoms with Gasteiger partial charge in [-0.05, 0) is 73.9 Å². The fourth-order valence-corrected chi connectivity index (χ4v) is 4.79. The average molecular weight is 421 g/mol. The number of nitrogens with one attached hydrogen (secondary N) is 1. The van der Waals surface area contributed by atoms with E-state index in [2.05, 4.69) is 22.0 Å². The SMILES string of the molecule is O=c1[nH]c2cc(N3CCC(CCCc4ccc(C(F)(F)F)cc4)CC3)ccc2s1. The van der Waals surface area contributed by atoms with Gasteiger partial charge in [0.15, 0.2) is 0 Å². The third kappa shape index (κ3) is 4.83. The molecule has 2 aromatic carbocycles. The lowest BCUT2D eigenvalue weighted by atomic mass is 9.90. The molecule has 1 aliphatic heterocycles. The molecular weight excluding hydrogens is 397 g/mol. The molecule has 7 heteroatoms. The minimum absolute atomic E-state index is 0.0242. The number of hydrogen-bond acceptors (Lipinski definition) is 3. The molecule has 1 aromatic heterocycles. The summed E-state index contributed by atoms with van der Waals surface area (Å²) < 4.78 is 38.9. The number of rotatable bonds is 5. The maximum atomic E-state index is 12.6. The number of fused-ring (bicyclic) bond motifs is 1. The monoisotopic (exact) mass is 420 g/mol. The molecule has 0 bridgehead atoms. The van der Waals surface area contributed by atoms with E-state index in [9.17, 15) is 18.0 Å². The Morgan fingerprint density at radius 3 is 2.48 bits per heavy atom. The van der Waals surface area contributed by atoms with Crippen molar-refractivity contribution in [2.24, 2.45) is 5.92 Å². The summed E-state index contributed by atoms with van der Waals surface area (Å²) in [5, 5.41) is 0. The van der Waals surface area contributed by atoms with E-state index >= 15 is 0 Å². The summed E-state index contributed by atoms with van der Waals surface area (Å²) in [5.74, 6) is 0.658. The molecule has 1 saturated heterocycles. The van der Waals surface area contributed by atoms with Crippen molar-refractivity contribution in [2.45, 2.75) is 38.3 Å². The maximum Gasteiger partial charge on any atom is 0.416 e. The number of halogens is 3. The van der Waals surface area contributed by atoms with Crippen LogP contribution in [0.25, 0.3) is 10.2 Å². The van der Waals surface area contributed by atoms with Crippen LogP contribution in [0.5, 0.6) is 0 Å². The summed E-state index contributed by atoms with van der Waals surface area (Å²) in [4.78, 5) is 16.7. The smallest absolute Gasteiger partial charge is 0.371 e. The highest BCUT2D eigenvalue weighted by molar-refractivity contribution is 7.16. The largest absolute Gasteiger partial charge is 0.416 e. The normalized spacial score (nSPS) is 15.9. The van der Waals surface area contributed by atoms with Crippen LogP contribution in [-0.2, 0) is 12.6 Å². The molecule has 0 atom stereocenters. The van der Waals surface area contributed by atoms with Crippen LogP contribution in [0.15, 0.2) is 47.3 Å². The van der Waals surface area contributed by atoms with E-state index in [1.807, 2.05) is 6.07 Å². The molecule has 0 saturated carbocycles. The molecule has 29 heavy (non-hydrogen) atoms. The Kier molecular flexibility index (Phi) is 5.67. The second-order valence-corrected chi connectivity index (χ2v) is 8.73. The first-order valence-corrected chi connectivity index (χ1v) is 10.7. The third-order valence-corrected chi connectivity index (χ3v) is 6.60. The Labute approximate surface area is 171 Å². The standard InChI is InChI=1S/C22H23F3N2OS/c23-22(24,25)17-6-4-15(5-7-17)2-1-3-16-10-12-27(13-11-16)18-8-9-20-19(14-18)26-21(28)29-20/h4-9,14,16H,1-3,10-13H2,(H,26,28). The Morgan fingerprint density at radius 1 is 1.07 bits per heavy atom. The number of thiazole rings is 1. The quantitative estimate of drug-likeness (QED) is 0.562. The first kappa shape index (κ1) is 20.0. The van der Waals surface area contributed by atoms with Crippen LogP contribution in [0.3, 0.4) is 0 Å². The van der Waals surface area contributed by atoms with Crippen LogP contribution in [0.2, 0.25) is 0 Å². The van der Waals surface area contributed by atoms with Crippen LogP contribution >= 0.6 is 11.3 Å². The van der Waals surface area contributed by atoms with Gasteiger partial charge in [0, 0.05) is 18.8 Å². The molecule has 0 aliphatic carbocycles. The number of aryl methyl sites for hydroxylation is 1. The van der Waals surface area contributed by atoms with E-state index in [1.54, 1.807) is 12.1 Å². The van der Waals surface area contributed by atoms with E-state index in [1.165, 1.54) is 23.5 Å². The van der Waals surface area contributed by atoms with Gasteiger partial charge in [0.2, 0.25) is 0 Å². The number of hydrogen-bond donors (Lipinski definition) is 1. The van der Waals surface area contributed by atoms with E-state index in [4.69, 9.17) is 0 Å². The molecule has 1 N–H and O–H groups in total. The number of anilines is 1. The summed E-state index contributed by atoms with van der Waals surface area (Å²) >= 11 is 1.23. The van der Waals surface area contributed by atoms with Gasteiger partial charge in [-0.1, -0.05) is 23.5 Å². The van der Waals surface area contributed by atoms with Gasteiger partial charge in [-0.25, -0.2) is 0 Å². The highest BCUT2D eigenvalue weighted by Crippen LogP contribution is 2.30. The molecule has 0 radical (unpaired) electrons. The van der Waals surface area contributed by atoms with Gasteiger partial charge in [0.25, 0.3) is 0 Å². The van der Waals surface area contributed by atoms with Crippen LogP contribution in [0.1, 0.15) is 36.8 Å². The zero-order chi connectivity index (χ0) is 20.4. The van der Waals surface area contributed by atoms with Crippen LogP contribution in [0.4, 0.5) is 18.9 Å². The number of aromatic amines is 1. The summed E-state index contributed by atoms with van der Waals surface area (Å²) in [6, 6.07) is 11.7. The topological polar surface area (TPSA) is 36.1 Å². The summed E-state index contributed by atoms with van der Waals surface area (Å²) in [6.07, 6.45) is 0.886. The second-order valence-electron chi connectivity index (χ2n) is 7.71. The van der Waals surface area contributed by atoms with Crippen molar-refractivity contribution in [1.82, 2.24) is 4.98 Å². The molecule has 1 fully saturated rings. The van der Waals surface area contributed by atoms with E-state index in [0.717, 1.165) is 66.7 Å². The number of nitrogens with zero attached hydrogens (tertiary/aromatic N) is 1. The van der Waals surface area contributed by atoms with Gasteiger partial charge in [-0.15, -0.1) is 0 Å². The van der Waals surface area contributed by atoms with Crippen molar-refractivity contribution in [3.63, 3.8) is 0 Å². The van der Waals surface area contributed by atoms with Crippen molar-refractivity contribution >= 4 is 27.2 Å². The van der Waals surface area contributed by atoms with Gasteiger partial charge in [-0.3, -0.25) is 4.79 Å². The lowest BCUT2D eigenvalue weighted by Gasteiger charge is -2.33. The molecule has 3 nitrogen and oxygen atoms in total. The van der Waals surface area contributed by atoms with Crippen molar-refractivity contribution in [3.05, 3.63) is 63.3 Å². The molecule has 2 heterocycles. The fourth-order valence-electron chi connectivity index (χ4n) is 4.07. The van der Waals surface area contributed by atoms with Crippen molar-refractivity contribution in [2.75, 3.05) is 18.0 Å². The Morgan fingerprint density at radius 2 is 1.79 bits per heavy atom. The molecule has 3 aromatic rings. The van der Waals surface area contributed by atoms with Gasteiger partial charge in [0.05, 0.1) is 15.8 Å². The predicted molar refractivity (Wildman–Crippen MR) is 112 cm³/mol. The maximum absolute atomic E-state index is 12.6. The lowest BCUT2D eigenvalue weighted by molar-refractivity contribution is -0.137. The molecule has 0 amide bonds. The average Bonchev–Trinajstić information content (AvgIpc) is 3.07. The van der Waals surface area contributed by atoms with E-state index in [-0.39, 0.29) is 4.87 Å². The van der Waals surface area contributed by atoms with Gasteiger partial charge < -0.3 is 9.88 Å². The number of aromatic nitrogens is 1. The lowest BCUT2D eigenvalue weighted by Crippen LogP contribution is -2.33. The molecule has 4 rings (SSSR count). The molecule has 0 unspecified atom stereocenters.